The highest BCUT2D eigenvalue weighted by atomic mass is 35.5. The molecule has 1 heterocycles. The first-order valence-corrected chi connectivity index (χ1v) is 4.88. The Bertz CT molecular complexity index is 533. The molecule has 1 aromatic carbocycles. The van der Waals surface area contributed by atoms with Crippen molar-refractivity contribution in [3.63, 3.8) is 0 Å². The molecule has 0 aliphatic heterocycles. The summed E-state index contributed by atoms with van der Waals surface area (Å²) in [6.45, 7) is 1.69. The van der Waals surface area contributed by atoms with Crippen molar-refractivity contribution in [1.82, 2.24) is 14.8 Å². The van der Waals surface area contributed by atoms with Gasteiger partial charge in [0, 0.05) is 5.02 Å². The molecule has 2 aromatic rings. The molecule has 0 saturated carbocycles. The number of hydrogen-bond acceptors (Lipinski definition) is 3. The van der Waals surface area contributed by atoms with E-state index in [1.54, 1.807) is 31.2 Å². The summed E-state index contributed by atoms with van der Waals surface area (Å²) in [5, 5.41) is 13.2. The summed E-state index contributed by atoms with van der Waals surface area (Å²) >= 11 is 5.76. The zero-order valence-corrected chi connectivity index (χ0v) is 9.14. The molecule has 0 atom stereocenters. The van der Waals surface area contributed by atoms with Gasteiger partial charge in [-0.1, -0.05) is 11.6 Å². The Balaban J connectivity index is 2.47. The van der Waals surface area contributed by atoms with Crippen LogP contribution in [0.2, 0.25) is 5.02 Å². The standard InChI is InChI=1S/C10H8ClN3O2/c1-6-12-9(10(15)16)13-14(6)8-4-2-7(11)3-5-8/h2-5H,1H3,(H,15,16). The molecule has 0 aliphatic rings. The number of carbonyl (C=O) groups is 1. The molecule has 0 bridgehead atoms. The second-order valence-electron chi connectivity index (χ2n) is 3.18. The number of carboxylic acid groups (broad SMARTS) is 1. The number of rotatable bonds is 2. The first kappa shape index (κ1) is 10.6. The van der Waals surface area contributed by atoms with E-state index in [0.717, 1.165) is 5.69 Å². The predicted molar refractivity (Wildman–Crippen MR) is 58.1 cm³/mol. The molecule has 0 aliphatic carbocycles. The highest BCUT2D eigenvalue weighted by Gasteiger charge is 2.13. The highest BCUT2D eigenvalue weighted by Crippen LogP contribution is 2.14. The number of benzene rings is 1. The number of carboxylic acids is 1. The number of halogens is 1. The summed E-state index contributed by atoms with van der Waals surface area (Å²) in [6.07, 6.45) is 0. The van der Waals surface area contributed by atoms with E-state index in [1.165, 1.54) is 4.68 Å². The van der Waals surface area contributed by atoms with Crippen molar-refractivity contribution in [1.29, 1.82) is 0 Å². The topological polar surface area (TPSA) is 68.0 Å². The van der Waals surface area contributed by atoms with Crippen LogP contribution in [0, 0.1) is 6.92 Å². The molecule has 0 radical (unpaired) electrons. The number of hydrogen-bond donors (Lipinski definition) is 1. The van der Waals surface area contributed by atoms with E-state index in [0.29, 0.717) is 10.8 Å². The van der Waals surface area contributed by atoms with Crippen molar-refractivity contribution in [2.45, 2.75) is 6.92 Å². The smallest absolute Gasteiger partial charge is 0.375 e. The molecule has 0 amide bonds. The minimum absolute atomic E-state index is 0.215. The van der Waals surface area contributed by atoms with Crippen molar-refractivity contribution >= 4 is 17.6 Å². The van der Waals surface area contributed by atoms with Crippen LogP contribution in [0.25, 0.3) is 5.69 Å². The number of aromatic carboxylic acids is 1. The molecule has 0 fully saturated rings. The average molecular weight is 238 g/mol. The molecule has 5 nitrogen and oxygen atoms in total. The molecule has 1 aromatic heterocycles. The van der Waals surface area contributed by atoms with Crippen molar-refractivity contribution < 1.29 is 9.90 Å². The Hall–Kier alpha value is -1.88. The van der Waals surface area contributed by atoms with Crippen LogP contribution in [-0.4, -0.2) is 25.8 Å². The maximum absolute atomic E-state index is 10.7. The van der Waals surface area contributed by atoms with Gasteiger partial charge in [-0.3, -0.25) is 0 Å². The van der Waals surface area contributed by atoms with E-state index in [4.69, 9.17) is 16.7 Å². The lowest BCUT2D eigenvalue weighted by molar-refractivity contribution is 0.0683. The van der Waals surface area contributed by atoms with E-state index in [9.17, 15) is 4.79 Å². The lowest BCUT2D eigenvalue weighted by atomic mass is 10.3. The van der Waals surface area contributed by atoms with E-state index < -0.39 is 5.97 Å². The summed E-state index contributed by atoms with van der Waals surface area (Å²) in [7, 11) is 0. The zero-order chi connectivity index (χ0) is 11.7. The largest absolute Gasteiger partial charge is 0.475 e. The van der Waals surface area contributed by atoms with E-state index in [2.05, 4.69) is 10.1 Å². The molecule has 0 spiro atoms. The van der Waals surface area contributed by atoms with Gasteiger partial charge < -0.3 is 5.11 Å². The van der Waals surface area contributed by atoms with Crippen molar-refractivity contribution in [3.05, 3.63) is 40.9 Å². The summed E-state index contributed by atoms with van der Waals surface area (Å²) in [5.74, 6) is -0.844. The van der Waals surface area contributed by atoms with Gasteiger partial charge in [0.25, 0.3) is 5.82 Å². The second-order valence-corrected chi connectivity index (χ2v) is 3.61. The minimum atomic E-state index is -1.14. The van der Waals surface area contributed by atoms with Crippen LogP contribution >= 0.6 is 11.6 Å². The molecule has 0 unspecified atom stereocenters. The van der Waals surface area contributed by atoms with Crippen molar-refractivity contribution in [2.75, 3.05) is 0 Å². The van der Waals surface area contributed by atoms with Gasteiger partial charge in [-0.25, -0.2) is 14.5 Å². The molecule has 16 heavy (non-hydrogen) atoms. The summed E-state index contributed by atoms with van der Waals surface area (Å²) < 4.78 is 1.46. The summed E-state index contributed by atoms with van der Waals surface area (Å²) in [4.78, 5) is 14.5. The number of aryl methyl sites for hydroxylation is 1. The van der Waals surface area contributed by atoms with Gasteiger partial charge in [0.1, 0.15) is 5.82 Å². The molecule has 0 saturated heterocycles. The highest BCUT2D eigenvalue weighted by molar-refractivity contribution is 6.30. The first-order chi connectivity index (χ1) is 7.58. The number of aromatic nitrogens is 3. The van der Waals surface area contributed by atoms with E-state index in [1.807, 2.05) is 0 Å². The van der Waals surface area contributed by atoms with Crippen LogP contribution in [0.1, 0.15) is 16.4 Å². The van der Waals surface area contributed by atoms with E-state index in [-0.39, 0.29) is 5.82 Å². The monoisotopic (exact) mass is 237 g/mol. The van der Waals surface area contributed by atoms with Gasteiger partial charge in [-0.15, -0.1) is 5.10 Å². The van der Waals surface area contributed by atoms with Crippen LogP contribution in [0.3, 0.4) is 0 Å². The van der Waals surface area contributed by atoms with Crippen LogP contribution in [0.15, 0.2) is 24.3 Å². The lowest BCUT2D eigenvalue weighted by Gasteiger charge is -2.01. The molecular weight excluding hydrogens is 230 g/mol. The van der Waals surface area contributed by atoms with Gasteiger partial charge >= 0.3 is 5.97 Å². The van der Waals surface area contributed by atoms with E-state index >= 15 is 0 Å². The van der Waals surface area contributed by atoms with Gasteiger partial charge in [0.2, 0.25) is 0 Å². The molecule has 2 rings (SSSR count). The van der Waals surface area contributed by atoms with Crippen LogP contribution in [-0.2, 0) is 0 Å². The third-order valence-electron chi connectivity index (χ3n) is 2.03. The van der Waals surface area contributed by atoms with Crippen LogP contribution in [0.4, 0.5) is 0 Å². The zero-order valence-electron chi connectivity index (χ0n) is 8.38. The molecule has 6 heteroatoms. The lowest BCUT2D eigenvalue weighted by Crippen LogP contribution is -2.02. The Morgan fingerprint density at radius 2 is 2.00 bits per heavy atom. The Kier molecular flexibility index (Phi) is 2.62. The Morgan fingerprint density at radius 1 is 1.38 bits per heavy atom. The van der Waals surface area contributed by atoms with Gasteiger partial charge in [-0.2, -0.15) is 0 Å². The van der Waals surface area contributed by atoms with Crippen LogP contribution in [0.5, 0.6) is 0 Å². The Labute approximate surface area is 96.3 Å². The predicted octanol–water partition coefficient (Wildman–Crippen LogP) is 1.93. The fourth-order valence-corrected chi connectivity index (χ4v) is 1.43. The normalized spacial score (nSPS) is 10.4. The van der Waals surface area contributed by atoms with Crippen molar-refractivity contribution in [2.24, 2.45) is 0 Å². The summed E-state index contributed by atoms with van der Waals surface area (Å²) in [5.41, 5.74) is 0.724. The first-order valence-electron chi connectivity index (χ1n) is 4.51. The summed E-state index contributed by atoms with van der Waals surface area (Å²) in [6, 6.07) is 6.90. The van der Waals surface area contributed by atoms with Crippen LogP contribution < -0.4 is 0 Å². The SMILES string of the molecule is Cc1nc(C(=O)O)nn1-c1ccc(Cl)cc1. The molecular formula is C10H8ClN3O2. The average Bonchev–Trinajstić information content (AvgIpc) is 2.62. The third-order valence-corrected chi connectivity index (χ3v) is 2.28. The fourth-order valence-electron chi connectivity index (χ4n) is 1.31. The van der Waals surface area contributed by atoms with Crippen molar-refractivity contribution in [3.8, 4) is 5.69 Å². The third kappa shape index (κ3) is 1.90. The van der Waals surface area contributed by atoms with Gasteiger partial charge in [0.05, 0.1) is 5.69 Å². The fraction of sp³-hybridized carbons (Fsp3) is 0.100. The Morgan fingerprint density at radius 3 is 2.50 bits per heavy atom. The number of nitrogens with zero attached hydrogens (tertiary/aromatic N) is 3. The molecule has 1 N–H and O–H groups in total. The van der Waals surface area contributed by atoms with Gasteiger partial charge in [-0.05, 0) is 31.2 Å². The van der Waals surface area contributed by atoms with Gasteiger partial charge in [0.15, 0.2) is 0 Å². The molecule has 82 valence electrons. The maximum Gasteiger partial charge on any atom is 0.375 e. The second kappa shape index (κ2) is 3.94. The maximum atomic E-state index is 10.7. The quantitative estimate of drug-likeness (QED) is 0.867. The minimum Gasteiger partial charge on any atom is -0.475 e.